The maximum atomic E-state index is 11.7. The zero-order valence-corrected chi connectivity index (χ0v) is 11.5. The zero-order chi connectivity index (χ0) is 14.4. The quantitative estimate of drug-likeness (QED) is 0.850. The molecule has 1 aromatic heterocycles. The Morgan fingerprint density at radius 3 is 2.75 bits per heavy atom. The number of carbonyl (C=O) groups is 1. The first-order valence-electron chi connectivity index (χ1n) is 6.38. The molecule has 2 rings (SSSR count). The predicted octanol–water partition coefficient (Wildman–Crippen LogP) is 2.47. The molecule has 0 atom stereocenters. The van der Waals surface area contributed by atoms with Crippen LogP contribution in [0.2, 0.25) is 0 Å². The van der Waals surface area contributed by atoms with Gasteiger partial charge in [-0.3, -0.25) is 9.48 Å². The Bertz CT molecular complexity index is 600. The average Bonchev–Trinajstić information content (AvgIpc) is 2.85. The number of hydrogen-bond acceptors (Lipinski definition) is 3. The van der Waals surface area contributed by atoms with E-state index < -0.39 is 0 Å². The molecule has 0 radical (unpaired) electrons. The van der Waals surface area contributed by atoms with Crippen molar-refractivity contribution in [2.24, 2.45) is 7.05 Å². The summed E-state index contributed by atoms with van der Waals surface area (Å²) in [5, 5.41) is 6.81. The minimum atomic E-state index is -0.182. The number of rotatable bonds is 5. The normalized spacial score (nSPS) is 10.7. The Balaban J connectivity index is 1.92. The van der Waals surface area contributed by atoms with E-state index >= 15 is 0 Å². The van der Waals surface area contributed by atoms with Crippen LogP contribution in [0.3, 0.4) is 0 Å². The van der Waals surface area contributed by atoms with Gasteiger partial charge in [0.05, 0.1) is 12.8 Å². The van der Waals surface area contributed by atoms with Crippen LogP contribution in [-0.2, 0) is 11.8 Å². The first kappa shape index (κ1) is 13.9. The fraction of sp³-hybridized carbons (Fsp3) is 0.200. The lowest BCUT2D eigenvalue weighted by Gasteiger charge is -2.05. The van der Waals surface area contributed by atoms with Crippen LogP contribution < -0.4 is 10.1 Å². The molecule has 1 aromatic carbocycles. The third-order valence-corrected chi connectivity index (χ3v) is 2.58. The zero-order valence-electron chi connectivity index (χ0n) is 11.5. The van der Waals surface area contributed by atoms with Crippen molar-refractivity contribution in [1.29, 1.82) is 0 Å². The number of benzene rings is 1. The van der Waals surface area contributed by atoms with Crippen LogP contribution in [0.1, 0.15) is 12.5 Å². The van der Waals surface area contributed by atoms with Gasteiger partial charge in [0, 0.05) is 30.6 Å². The number of anilines is 1. The third kappa shape index (κ3) is 3.98. The van der Waals surface area contributed by atoms with E-state index in [0.29, 0.717) is 6.61 Å². The summed E-state index contributed by atoms with van der Waals surface area (Å²) in [6.45, 7) is 2.55. The summed E-state index contributed by atoms with van der Waals surface area (Å²) in [5.41, 5.74) is 1.61. The van der Waals surface area contributed by atoms with Crippen molar-refractivity contribution in [3.63, 3.8) is 0 Å². The summed E-state index contributed by atoms with van der Waals surface area (Å²) < 4.78 is 7.02. The Morgan fingerprint density at radius 2 is 2.15 bits per heavy atom. The highest BCUT2D eigenvalue weighted by Gasteiger charge is 1.99. The molecule has 0 aliphatic rings. The van der Waals surface area contributed by atoms with Gasteiger partial charge in [-0.1, -0.05) is 0 Å². The largest absolute Gasteiger partial charge is 0.494 e. The number of nitrogens with zero attached hydrogens (tertiary/aromatic N) is 2. The number of nitrogens with one attached hydrogen (secondary N) is 1. The lowest BCUT2D eigenvalue weighted by atomic mass is 10.3. The van der Waals surface area contributed by atoms with Crippen LogP contribution in [0.5, 0.6) is 5.75 Å². The molecule has 0 unspecified atom stereocenters. The summed E-state index contributed by atoms with van der Waals surface area (Å²) >= 11 is 0. The summed E-state index contributed by atoms with van der Waals surface area (Å²) in [7, 11) is 1.83. The fourth-order valence-corrected chi connectivity index (χ4v) is 1.68. The lowest BCUT2D eigenvalue weighted by molar-refractivity contribution is -0.111. The number of aryl methyl sites for hydroxylation is 1. The van der Waals surface area contributed by atoms with E-state index in [1.165, 1.54) is 6.08 Å². The van der Waals surface area contributed by atoms with Gasteiger partial charge in [0.1, 0.15) is 5.75 Å². The molecule has 1 N–H and O–H groups in total. The van der Waals surface area contributed by atoms with Gasteiger partial charge in [0.2, 0.25) is 5.91 Å². The molecule has 1 heterocycles. The molecule has 5 nitrogen and oxygen atoms in total. The molecule has 0 saturated carbocycles. The lowest BCUT2D eigenvalue weighted by Crippen LogP contribution is -2.07. The monoisotopic (exact) mass is 271 g/mol. The van der Waals surface area contributed by atoms with Crippen LogP contribution in [0.15, 0.2) is 42.7 Å². The second kappa shape index (κ2) is 6.56. The van der Waals surface area contributed by atoms with Crippen molar-refractivity contribution in [2.75, 3.05) is 11.9 Å². The molecule has 0 spiro atoms. The van der Waals surface area contributed by atoms with Gasteiger partial charge in [0.15, 0.2) is 0 Å². The van der Waals surface area contributed by atoms with Crippen molar-refractivity contribution >= 4 is 17.7 Å². The molecule has 0 bridgehead atoms. The molecule has 2 aromatic rings. The van der Waals surface area contributed by atoms with Crippen molar-refractivity contribution < 1.29 is 9.53 Å². The van der Waals surface area contributed by atoms with E-state index in [1.807, 2.05) is 32.3 Å². The van der Waals surface area contributed by atoms with Gasteiger partial charge in [0.25, 0.3) is 0 Å². The van der Waals surface area contributed by atoms with Crippen LogP contribution in [0, 0.1) is 0 Å². The molecular formula is C15H17N3O2. The topological polar surface area (TPSA) is 56.1 Å². The number of amides is 1. The van der Waals surface area contributed by atoms with Gasteiger partial charge in [-0.25, -0.2) is 0 Å². The van der Waals surface area contributed by atoms with E-state index in [4.69, 9.17) is 4.74 Å². The highest BCUT2D eigenvalue weighted by Crippen LogP contribution is 2.15. The van der Waals surface area contributed by atoms with Crippen molar-refractivity contribution in [2.45, 2.75) is 6.92 Å². The molecule has 20 heavy (non-hydrogen) atoms. The highest BCUT2D eigenvalue weighted by atomic mass is 16.5. The molecule has 1 amide bonds. The number of carbonyl (C=O) groups excluding carboxylic acids is 1. The van der Waals surface area contributed by atoms with E-state index in [-0.39, 0.29) is 5.91 Å². The molecule has 104 valence electrons. The molecule has 0 aliphatic carbocycles. The second-order valence-electron chi connectivity index (χ2n) is 4.23. The van der Waals surface area contributed by atoms with Gasteiger partial charge in [-0.15, -0.1) is 0 Å². The number of hydrogen-bond donors (Lipinski definition) is 1. The standard InChI is InChI=1S/C15H17N3O2/c1-3-20-14-7-5-13(6-8-14)17-15(19)9-4-12-10-16-18(2)11-12/h4-11H,3H2,1-2H3,(H,17,19). The third-order valence-electron chi connectivity index (χ3n) is 2.58. The Labute approximate surface area is 117 Å². The van der Waals surface area contributed by atoms with Crippen LogP contribution in [0.4, 0.5) is 5.69 Å². The Hall–Kier alpha value is -2.56. The predicted molar refractivity (Wildman–Crippen MR) is 78.5 cm³/mol. The summed E-state index contributed by atoms with van der Waals surface area (Å²) in [5.74, 6) is 0.606. The Kier molecular flexibility index (Phi) is 4.55. The first-order valence-corrected chi connectivity index (χ1v) is 6.38. The maximum Gasteiger partial charge on any atom is 0.248 e. The molecule has 0 aliphatic heterocycles. The minimum Gasteiger partial charge on any atom is -0.494 e. The van der Waals surface area contributed by atoms with Crippen LogP contribution >= 0.6 is 0 Å². The van der Waals surface area contributed by atoms with E-state index in [1.54, 1.807) is 29.1 Å². The fourth-order valence-electron chi connectivity index (χ4n) is 1.68. The van der Waals surface area contributed by atoms with E-state index in [0.717, 1.165) is 17.0 Å². The van der Waals surface area contributed by atoms with E-state index in [2.05, 4.69) is 10.4 Å². The van der Waals surface area contributed by atoms with Crippen LogP contribution in [-0.4, -0.2) is 22.3 Å². The molecule has 0 fully saturated rings. The average molecular weight is 271 g/mol. The second-order valence-corrected chi connectivity index (χ2v) is 4.23. The number of aromatic nitrogens is 2. The molecule has 5 heteroatoms. The Morgan fingerprint density at radius 1 is 1.40 bits per heavy atom. The minimum absolute atomic E-state index is 0.182. The van der Waals surface area contributed by atoms with Gasteiger partial charge < -0.3 is 10.1 Å². The highest BCUT2D eigenvalue weighted by molar-refractivity contribution is 6.01. The van der Waals surface area contributed by atoms with Crippen molar-refractivity contribution in [3.8, 4) is 5.75 Å². The van der Waals surface area contributed by atoms with Crippen LogP contribution in [0.25, 0.3) is 6.08 Å². The SMILES string of the molecule is CCOc1ccc(NC(=O)C=Cc2cnn(C)c2)cc1. The van der Waals surface area contributed by atoms with Crippen molar-refractivity contribution in [3.05, 3.63) is 48.3 Å². The van der Waals surface area contributed by atoms with Crippen molar-refractivity contribution in [1.82, 2.24) is 9.78 Å². The summed E-state index contributed by atoms with van der Waals surface area (Å²) in [4.78, 5) is 11.7. The van der Waals surface area contributed by atoms with Gasteiger partial charge in [-0.2, -0.15) is 5.10 Å². The van der Waals surface area contributed by atoms with E-state index in [9.17, 15) is 4.79 Å². The summed E-state index contributed by atoms with van der Waals surface area (Å²) in [6.07, 6.45) is 6.73. The molecule has 0 saturated heterocycles. The number of ether oxygens (including phenoxy) is 1. The first-order chi connectivity index (χ1) is 9.67. The summed E-state index contributed by atoms with van der Waals surface area (Å²) in [6, 6.07) is 7.26. The molecular weight excluding hydrogens is 254 g/mol. The van der Waals surface area contributed by atoms with Gasteiger partial charge >= 0.3 is 0 Å². The van der Waals surface area contributed by atoms with Gasteiger partial charge in [-0.05, 0) is 37.3 Å². The smallest absolute Gasteiger partial charge is 0.248 e. The maximum absolute atomic E-state index is 11.7.